The van der Waals surface area contributed by atoms with Gasteiger partial charge in [0.15, 0.2) is 9.79 Å². The van der Waals surface area contributed by atoms with Gasteiger partial charge in [-0.3, -0.25) is 9.11 Å². The highest BCUT2D eigenvalue weighted by molar-refractivity contribution is 7.99. The minimum absolute atomic E-state index is 0.0486. The van der Waals surface area contributed by atoms with Crippen molar-refractivity contribution in [1.82, 2.24) is 9.46 Å². The number of carbonyl (C=O) groups excluding carboxylic acids is 2. The molecule has 0 aromatic carbocycles. The number of aromatic nitrogens is 2. The molecule has 0 unspecified atom stereocenters. The first-order valence-electron chi connectivity index (χ1n) is 8.35. The lowest BCUT2D eigenvalue weighted by Gasteiger charge is -2.08. The summed E-state index contributed by atoms with van der Waals surface area (Å²) in [5.74, 6) is -6.35. The molecule has 6 N–H and O–H groups in total. The molecule has 0 bridgehead atoms. The molecule has 0 radical (unpaired) electrons. The van der Waals surface area contributed by atoms with Crippen molar-refractivity contribution in [2.45, 2.75) is 22.6 Å². The van der Waals surface area contributed by atoms with Crippen LogP contribution in [0.15, 0.2) is 21.9 Å². The third-order valence-electron chi connectivity index (χ3n) is 3.61. The Labute approximate surface area is 189 Å². The van der Waals surface area contributed by atoms with Gasteiger partial charge in [0.1, 0.15) is 0 Å². The summed E-state index contributed by atoms with van der Waals surface area (Å²) in [7, 11) is -9.77. The number of hydrogen-bond donors (Lipinski definition) is 6. The van der Waals surface area contributed by atoms with Crippen LogP contribution in [-0.4, -0.2) is 79.3 Å². The van der Waals surface area contributed by atoms with Crippen LogP contribution in [0.2, 0.25) is 0 Å². The summed E-state index contributed by atoms with van der Waals surface area (Å²) in [6.45, 7) is 0. The van der Waals surface area contributed by atoms with Gasteiger partial charge < -0.3 is 30.1 Å². The van der Waals surface area contributed by atoms with Crippen molar-refractivity contribution in [1.29, 1.82) is 0 Å². The Balaban J connectivity index is 1.80. The van der Waals surface area contributed by atoms with Crippen LogP contribution in [0.5, 0.6) is 23.5 Å². The predicted molar refractivity (Wildman–Crippen MR) is 105 cm³/mol. The van der Waals surface area contributed by atoms with Crippen LogP contribution >= 0.6 is 11.8 Å². The Morgan fingerprint density at radius 3 is 1.36 bits per heavy atom. The van der Waals surface area contributed by atoms with Gasteiger partial charge in [-0.05, 0) is 0 Å². The van der Waals surface area contributed by atoms with Gasteiger partial charge in [0.2, 0.25) is 11.8 Å². The summed E-state index contributed by atoms with van der Waals surface area (Å²) in [4.78, 5) is 30.5. The third-order valence-corrected chi connectivity index (χ3v) is 6.30. The van der Waals surface area contributed by atoms with E-state index in [1.807, 2.05) is 0 Å². The summed E-state index contributed by atoms with van der Waals surface area (Å²) < 4.78 is 62.0. The summed E-state index contributed by atoms with van der Waals surface area (Å²) in [5.41, 5.74) is 0. The Bertz CT molecular complexity index is 1180. The number of carbonyl (C=O) groups is 2. The Hall–Kier alpha value is -3.13. The molecule has 2 aromatic heterocycles. The first-order chi connectivity index (χ1) is 15.1. The molecule has 2 rings (SSSR count). The van der Waals surface area contributed by atoms with Gasteiger partial charge in [0.05, 0.1) is 12.8 Å². The van der Waals surface area contributed by atoms with Gasteiger partial charge in [-0.2, -0.15) is 28.6 Å². The normalized spacial score (nSPS) is 11.9. The molecule has 33 heavy (non-hydrogen) atoms. The lowest BCUT2D eigenvalue weighted by Crippen LogP contribution is -2.20. The molecule has 16 nitrogen and oxygen atoms in total. The zero-order valence-corrected chi connectivity index (χ0v) is 18.5. The zero-order valence-electron chi connectivity index (χ0n) is 16.1. The Morgan fingerprint density at radius 2 is 1.09 bits per heavy atom. The van der Waals surface area contributed by atoms with Crippen molar-refractivity contribution in [3.8, 4) is 23.5 Å². The van der Waals surface area contributed by atoms with Crippen LogP contribution in [0, 0.1) is 0 Å². The van der Waals surface area contributed by atoms with E-state index in [9.17, 15) is 46.9 Å². The molecule has 0 atom stereocenters. The monoisotopic (exact) mass is 532 g/mol. The number of rotatable bonds is 10. The fraction of sp³-hybridized carbons (Fsp3) is 0.286. The van der Waals surface area contributed by atoms with Gasteiger partial charge in [-0.25, -0.2) is 9.59 Å². The van der Waals surface area contributed by atoms with Gasteiger partial charge in [0, 0.05) is 23.6 Å². The van der Waals surface area contributed by atoms with Crippen LogP contribution in [0.25, 0.3) is 0 Å². The fourth-order valence-electron chi connectivity index (χ4n) is 2.17. The molecule has 0 aliphatic rings. The largest absolute Gasteiger partial charge is 0.492 e. The molecule has 19 heteroatoms. The summed E-state index contributed by atoms with van der Waals surface area (Å²) in [6.07, 6.45) is -0.649. The van der Waals surface area contributed by atoms with E-state index < -0.39 is 65.5 Å². The van der Waals surface area contributed by atoms with Gasteiger partial charge in [0.25, 0.3) is 32.0 Å². The van der Waals surface area contributed by atoms with E-state index >= 15 is 0 Å². The average molecular weight is 532 g/mol. The standard InChI is InChI=1S/C14H16N2O14S3/c17-9-5-7(32(23,24)25)13(21)15(9)29-11(19)1-3-31-4-2-12(20)30-16-10(18)6-8(14(16)22)33(26,27)28/h5-6,17-18,21-22H,1-4H2,(H,23,24,25)(H,26,27,28). The van der Waals surface area contributed by atoms with Gasteiger partial charge in [-0.15, -0.1) is 9.46 Å². The molecule has 2 heterocycles. The second-order valence-electron chi connectivity index (χ2n) is 5.96. The molecule has 0 saturated carbocycles. The number of nitrogens with zero attached hydrogens (tertiary/aromatic N) is 2. The highest BCUT2D eigenvalue weighted by Gasteiger charge is 2.27. The molecule has 0 aliphatic carbocycles. The highest BCUT2D eigenvalue weighted by Crippen LogP contribution is 2.31. The van der Waals surface area contributed by atoms with Crippen molar-refractivity contribution in [3.05, 3.63) is 12.1 Å². The van der Waals surface area contributed by atoms with Crippen LogP contribution in [0.3, 0.4) is 0 Å². The molecular formula is C14H16N2O14S3. The van der Waals surface area contributed by atoms with Crippen LogP contribution < -0.4 is 9.68 Å². The zero-order chi connectivity index (χ0) is 25.1. The number of aromatic hydroxyl groups is 4. The third kappa shape index (κ3) is 6.44. The molecule has 0 fully saturated rings. The summed E-state index contributed by atoms with van der Waals surface area (Å²) in [5, 5.41) is 38.3. The van der Waals surface area contributed by atoms with Crippen molar-refractivity contribution < 1.29 is 65.6 Å². The minimum Gasteiger partial charge on any atom is -0.492 e. The fourth-order valence-corrected chi connectivity index (χ4v) is 4.13. The predicted octanol–water partition coefficient (Wildman–Crippen LogP) is -1.27. The SMILES string of the molecule is O=C(CCSCCC(=O)On1c(O)cc(S(=O)(=O)O)c1O)On1c(O)cc(S(=O)(=O)O)c1O. The second kappa shape index (κ2) is 9.79. The van der Waals surface area contributed by atoms with Crippen molar-refractivity contribution in [2.75, 3.05) is 11.5 Å². The first kappa shape index (κ1) is 26.1. The van der Waals surface area contributed by atoms with E-state index in [0.29, 0.717) is 12.1 Å². The molecule has 0 spiro atoms. The number of thioether (sulfide) groups is 1. The van der Waals surface area contributed by atoms with E-state index in [0.717, 1.165) is 11.8 Å². The van der Waals surface area contributed by atoms with Crippen molar-refractivity contribution in [2.24, 2.45) is 0 Å². The maximum Gasteiger partial charge on any atom is 0.334 e. The summed E-state index contributed by atoms with van der Waals surface area (Å²) >= 11 is 1.02. The Morgan fingerprint density at radius 1 is 0.758 bits per heavy atom. The molecule has 184 valence electrons. The second-order valence-corrected chi connectivity index (χ2v) is 9.96. The lowest BCUT2D eigenvalue weighted by molar-refractivity contribution is -0.145. The lowest BCUT2D eigenvalue weighted by atomic mass is 10.5. The van der Waals surface area contributed by atoms with E-state index in [-0.39, 0.29) is 33.8 Å². The molecule has 2 aromatic rings. The summed E-state index contributed by atoms with van der Waals surface area (Å²) in [6, 6.07) is 0.912. The van der Waals surface area contributed by atoms with Crippen LogP contribution in [0.1, 0.15) is 12.8 Å². The smallest absolute Gasteiger partial charge is 0.334 e. The molecule has 0 amide bonds. The molecule has 0 saturated heterocycles. The van der Waals surface area contributed by atoms with Crippen LogP contribution in [0.4, 0.5) is 0 Å². The molecular weight excluding hydrogens is 516 g/mol. The van der Waals surface area contributed by atoms with E-state index in [2.05, 4.69) is 9.68 Å². The van der Waals surface area contributed by atoms with Crippen molar-refractivity contribution >= 4 is 43.9 Å². The maximum atomic E-state index is 11.8. The van der Waals surface area contributed by atoms with E-state index in [4.69, 9.17) is 9.11 Å². The maximum absolute atomic E-state index is 11.8. The first-order valence-corrected chi connectivity index (χ1v) is 12.4. The topological polar surface area (TPSA) is 252 Å². The number of hydrogen-bond acceptors (Lipinski definition) is 13. The Kier molecular flexibility index (Phi) is 7.75. The molecule has 0 aliphatic heterocycles. The van der Waals surface area contributed by atoms with Crippen molar-refractivity contribution in [3.63, 3.8) is 0 Å². The van der Waals surface area contributed by atoms with E-state index in [1.165, 1.54) is 0 Å². The van der Waals surface area contributed by atoms with E-state index in [1.54, 1.807) is 0 Å². The average Bonchev–Trinajstić information content (AvgIpc) is 3.12. The van der Waals surface area contributed by atoms with Crippen LogP contribution in [-0.2, 0) is 29.8 Å². The van der Waals surface area contributed by atoms with Gasteiger partial charge >= 0.3 is 11.9 Å². The van der Waals surface area contributed by atoms with Gasteiger partial charge in [-0.1, -0.05) is 0 Å². The highest BCUT2D eigenvalue weighted by atomic mass is 32.2. The minimum atomic E-state index is -4.88. The quantitative estimate of drug-likeness (QED) is 0.154.